The zero-order chi connectivity index (χ0) is 15.4. The summed E-state index contributed by atoms with van der Waals surface area (Å²) in [4.78, 5) is 3.99. The zero-order valence-corrected chi connectivity index (χ0v) is 14.4. The second-order valence-electron chi connectivity index (χ2n) is 5.88. The van der Waals surface area contributed by atoms with Crippen molar-refractivity contribution in [2.45, 2.75) is 33.1 Å². The normalized spacial score (nSPS) is 16.0. The molecule has 0 aliphatic carbocycles. The molecule has 2 heterocycles. The van der Waals surface area contributed by atoms with Gasteiger partial charge in [0.05, 0.1) is 6.61 Å². The maximum absolute atomic E-state index is 5.61. The second kappa shape index (κ2) is 7.30. The maximum Gasteiger partial charge on any atom is 0.120 e. The third-order valence-corrected chi connectivity index (χ3v) is 5.41. The third kappa shape index (κ3) is 3.53. The molecule has 0 amide bonds. The standard InChI is InChI=1S/C19H25NOS/c1-3-5-10-20-11-8-15(9-12-20)18-13-16-6-7-17(21-4-2)14-19(16)22-18/h6-8,13-14H,3-5,9-12H2,1-2H3. The molecule has 0 radical (unpaired) electrons. The van der Waals surface area contributed by atoms with Crippen molar-refractivity contribution in [3.05, 3.63) is 35.2 Å². The molecule has 0 unspecified atom stereocenters. The number of nitrogens with zero attached hydrogens (tertiary/aromatic N) is 1. The number of rotatable bonds is 6. The van der Waals surface area contributed by atoms with Gasteiger partial charge in [-0.25, -0.2) is 0 Å². The summed E-state index contributed by atoms with van der Waals surface area (Å²) in [5.41, 5.74) is 1.52. The van der Waals surface area contributed by atoms with E-state index in [2.05, 4.69) is 42.2 Å². The Morgan fingerprint density at radius 3 is 2.86 bits per heavy atom. The van der Waals surface area contributed by atoms with E-state index in [4.69, 9.17) is 4.74 Å². The van der Waals surface area contributed by atoms with Crippen molar-refractivity contribution < 1.29 is 4.74 Å². The van der Waals surface area contributed by atoms with Crippen LogP contribution in [-0.2, 0) is 0 Å². The average molecular weight is 315 g/mol. The first-order valence-corrected chi connectivity index (χ1v) is 9.20. The van der Waals surface area contributed by atoms with E-state index in [1.54, 1.807) is 0 Å². The van der Waals surface area contributed by atoms with Crippen LogP contribution in [0, 0.1) is 0 Å². The number of benzene rings is 1. The molecule has 2 aromatic rings. The minimum atomic E-state index is 0.725. The van der Waals surface area contributed by atoms with Crippen LogP contribution in [0.15, 0.2) is 30.3 Å². The molecule has 2 nitrogen and oxygen atoms in total. The molecular formula is C19H25NOS. The highest BCUT2D eigenvalue weighted by Crippen LogP contribution is 2.35. The van der Waals surface area contributed by atoms with Crippen molar-refractivity contribution in [3.8, 4) is 5.75 Å². The van der Waals surface area contributed by atoms with Crippen molar-refractivity contribution in [2.75, 3.05) is 26.2 Å². The lowest BCUT2D eigenvalue weighted by molar-refractivity contribution is 0.297. The predicted molar refractivity (Wildman–Crippen MR) is 96.9 cm³/mol. The second-order valence-corrected chi connectivity index (χ2v) is 6.96. The van der Waals surface area contributed by atoms with Crippen LogP contribution in [0.5, 0.6) is 5.75 Å². The first-order valence-electron chi connectivity index (χ1n) is 8.38. The fourth-order valence-electron chi connectivity index (χ4n) is 2.95. The Labute approximate surface area is 137 Å². The third-order valence-electron chi connectivity index (χ3n) is 4.24. The van der Waals surface area contributed by atoms with Crippen LogP contribution in [0.25, 0.3) is 15.7 Å². The lowest BCUT2D eigenvalue weighted by Crippen LogP contribution is -2.29. The number of hydrogen-bond acceptors (Lipinski definition) is 3. The summed E-state index contributed by atoms with van der Waals surface area (Å²) in [6, 6.07) is 8.76. The maximum atomic E-state index is 5.61. The molecule has 1 aliphatic rings. The topological polar surface area (TPSA) is 12.5 Å². The van der Waals surface area contributed by atoms with Crippen LogP contribution < -0.4 is 4.74 Å². The van der Waals surface area contributed by atoms with E-state index in [0.29, 0.717) is 0 Å². The zero-order valence-electron chi connectivity index (χ0n) is 13.6. The van der Waals surface area contributed by atoms with Gasteiger partial charge in [0.2, 0.25) is 0 Å². The lowest BCUT2D eigenvalue weighted by Gasteiger charge is -2.25. The fourth-order valence-corrected chi connectivity index (χ4v) is 4.11. The number of unbranched alkanes of at least 4 members (excludes halogenated alkanes) is 1. The highest BCUT2D eigenvalue weighted by Gasteiger charge is 2.14. The van der Waals surface area contributed by atoms with Gasteiger partial charge >= 0.3 is 0 Å². The minimum Gasteiger partial charge on any atom is -0.494 e. The van der Waals surface area contributed by atoms with E-state index < -0.39 is 0 Å². The lowest BCUT2D eigenvalue weighted by atomic mass is 10.1. The van der Waals surface area contributed by atoms with Crippen LogP contribution in [-0.4, -0.2) is 31.1 Å². The molecule has 0 N–H and O–H groups in total. The molecule has 0 atom stereocenters. The van der Waals surface area contributed by atoms with E-state index in [1.165, 1.54) is 52.9 Å². The number of ether oxygens (including phenoxy) is 1. The van der Waals surface area contributed by atoms with E-state index >= 15 is 0 Å². The molecule has 0 bridgehead atoms. The van der Waals surface area contributed by atoms with Gasteiger partial charge in [0.15, 0.2) is 0 Å². The molecule has 3 rings (SSSR count). The van der Waals surface area contributed by atoms with E-state index in [0.717, 1.165) is 18.9 Å². The van der Waals surface area contributed by atoms with Crippen LogP contribution in [0.4, 0.5) is 0 Å². The summed E-state index contributed by atoms with van der Waals surface area (Å²) in [7, 11) is 0. The van der Waals surface area contributed by atoms with Gasteiger partial charge in [0, 0.05) is 22.7 Å². The highest BCUT2D eigenvalue weighted by atomic mass is 32.1. The molecule has 118 valence electrons. The summed E-state index contributed by atoms with van der Waals surface area (Å²) >= 11 is 1.90. The quantitative estimate of drug-likeness (QED) is 0.727. The molecule has 1 aromatic heterocycles. The van der Waals surface area contributed by atoms with Crippen molar-refractivity contribution in [1.82, 2.24) is 4.90 Å². The molecule has 0 fully saturated rings. The monoisotopic (exact) mass is 315 g/mol. The Hall–Kier alpha value is -1.32. The molecule has 1 aliphatic heterocycles. The first-order chi connectivity index (χ1) is 10.8. The summed E-state index contributed by atoms with van der Waals surface area (Å²) < 4.78 is 6.93. The SMILES string of the molecule is CCCCN1CC=C(c2cc3ccc(OCC)cc3s2)CC1. The Morgan fingerprint density at radius 1 is 1.23 bits per heavy atom. The van der Waals surface area contributed by atoms with E-state index in [9.17, 15) is 0 Å². The van der Waals surface area contributed by atoms with E-state index in [-0.39, 0.29) is 0 Å². The fraction of sp³-hybridized carbons (Fsp3) is 0.474. The Balaban J connectivity index is 1.75. The summed E-state index contributed by atoms with van der Waals surface area (Å²) in [5.74, 6) is 0.978. The van der Waals surface area contributed by atoms with Crippen LogP contribution >= 0.6 is 11.3 Å². The number of thiophene rings is 1. The van der Waals surface area contributed by atoms with Gasteiger partial charge in [0.25, 0.3) is 0 Å². The Bertz CT molecular complexity index is 658. The minimum absolute atomic E-state index is 0.725. The van der Waals surface area contributed by atoms with Crippen LogP contribution in [0.3, 0.4) is 0 Å². The Kier molecular flexibility index (Phi) is 5.16. The van der Waals surface area contributed by atoms with E-state index in [1.807, 2.05) is 18.3 Å². The Morgan fingerprint density at radius 2 is 2.14 bits per heavy atom. The van der Waals surface area contributed by atoms with Gasteiger partial charge < -0.3 is 4.74 Å². The molecular weight excluding hydrogens is 290 g/mol. The van der Waals surface area contributed by atoms with Crippen LogP contribution in [0.2, 0.25) is 0 Å². The number of fused-ring (bicyclic) bond motifs is 1. The molecule has 22 heavy (non-hydrogen) atoms. The smallest absolute Gasteiger partial charge is 0.120 e. The highest BCUT2D eigenvalue weighted by molar-refractivity contribution is 7.20. The van der Waals surface area contributed by atoms with Crippen molar-refractivity contribution in [1.29, 1.82) is 0 Å². The van der Waals surface area contributed by atoms with Gasteiger partial charge in [-0.3, -0.25) is 4.90 Å². The molecule has 1 aromatic carbocycles. The largest absolute Gasteiger partial charge is 0.494 e. The molecule has 0 saturated heterocycles. The average Bonchev–Trinajstić information content (AvgIpc) is 2.97. The van der Waals surface area contributed by atoms with Crippen molar-refractivity contribution >= 4 is 27.0 Å². The predicted octanol–water partition coefficient (Wildman–Crippen LogP) is 5.19. The summed E-state index contributed by atoms with van der Waals surface area (Å²) in [5, 5.41) is 1.33. The van der Waals surface area contributed by atoms with Crippen LogP contribution in [0.1, 0.15) is 38.0 Å². The van der Waals surface area contributed by atoms with Gasteiger partial charge in [0.1, 0.15) is 5.75 Å². The van der Waals surface area contributed by atoms with Gasteiger partial charge in [-0.15, -0.1) is 11.3 Å². The molecule has 0 spiro atoms. The summed E-state index contributed by atoms with van der Waals surface area (Å²) in [6.45, 7) is 8.56. The van der Waals surface area contributed by atoms with Crippen molar-refractivity contribution in [2.24, 2.45) is 0 Å². The first kappa shape index (κ1) is 15.6. The molecule has 0 saturated carbocycles. The van der Waals surface area contributed by atoms with Crippen molar-refractivity contribution in [3.63, 3.8) is 0 Å². The molecule has 3 heteroatoms. The van der Waals surface area contributed by atoms with Gasteiger partial charge in [-0.2, -0.15) is 0 Å². The number of hydrogen-bond donors (Lipinski definition) is 0. The van der Waals surface area contributed by atoms with Gasteiger partial charge in [-0.05, 0) is 61.5 Å². The van der Waals surface area contributed by atoms with Gasteiger partial charge in [-0.1, -0.05) is 19.4 Å². The summed E-state index contributed by atoms with van der Waals surface area (Å²) in [6.07, 6.45) is 6.19.